The van der Waals surface area contributed by atoms with E-state index in [0.29, 0.717) is 22.2 Å². The minimum Gasteiger partial charge on any atom is -0.411 e. The first-order valence-corrected chi connectivity index (χ1v) is 8.95. The van der Waals surface area contributed by atoms with Gasteiger partial charge in [-0.3, -0.25) is 0 Å². The zero-order valence-corrected chi connectivity index (χ0v) is 15.5. The molecule has 3 aromatic carbocycles. The normalized spacial score (nSPS) is 12.6. The minimum absolute atomic E-state index is 0.0704. The molecule has 3 nitrogen and oxygen atoms in total. The third-order valence-electron chi connectivity index (χ3n) is 4.08. The molecule has 0 bridgehead atoms. The van der Waals surface area contributed by atoms with E-state index in [-0.39, 0.29) is 6.04 Å². The Balaban J connectivity index is 1.87. The zero-order valence-electron chi connectivity index (χ0n) is 13.9. The van der Waals surface area contributed by atoms with Crippen LogP contribution < -0.4 is 5.32 Å². The molecule has 0 aliphatic carbocycles. The molecule has 0 aromatic heterocycles. The first-order chi connectivity index (χ1) is 12.7. The van der Waals surface area contributed by atoms with E-state index in [2.05, 4.69) is 10.5 Å². The highest BCUT2D eigenvalue weighted by molar-refractivity contribution is 6.31. The smallest absolute Gasteiger partial charge is 0.0891 e. The van der Waals surface area contributed by atoms with Crippen LogP contribution in [0.5, 0.6) is 0 Å². The number of benzene rings is 3. The molecular weight excluding hydrogens is 367 g/mol. The van der Waals surface area contributed by atoms with E-state index in [1.54, 1.807) is 12.1 Å². The summed E-state index contributed by atoms with van der Waals surface area (Å²) in [5, 5.41) is 17.9. The van der Waals surface area contributed by atoms with Gasteiger partial charge in [-0.25, -0.2) is 0 Å². The molecule has 26 heavy (non-hydrogen) atoms. The first-order valence-electron chi connectivity index (χ1n) is 8.19. The maximum absolute atomic E-state index is 9.56. The highest BCUT2D eigenvalue weighted by atomic mass is 35.5. The highest BCUT2D eigenvalue weighted by Gasteiger charge is 2.16. The maximum atomic E-state index is 9.56. The predicted molar refractivity (Wildman–Crippen MR) is 109 cm³/mol. The summed E-state index contributed by atoms with van der Waals surface area (Å²) in [5.74, 6) is 0. The van der Waals surface area contributed by atoms with Crippen LogP contribution in [0.1, 0.15) is 23.6 Å². The van der Waals surface area contributed by atoms with E-state index in [1.807, 2.05) is 66.7 Å². The summed E-state index contributed by atoms with van der Waals surface area (Å²) in [6.45, 7) is 0. The summed E-state index contributed by atoms with van der Waals surface area (Å²) < 4.78 is 0. The fourth-order valence-electron chi connectivity index (χ4n) is 2.74. The van der Waals surface area contributed by atoms with Gasteiger partial charge < -0.3 is 10.5 Å². The molecule has 3 rings (SSSR count). The molecule has 0 amide bonds. The van der Waals surface area contributed by atoms with Crippen molar-refractivity contribution in [3.8, 4) is 0 Å². The molecule has 0 saturated carbocycles. The second-order valence-electron chi connectivity index (χ2n) is 5.87. The van der Waals surface area contributed by atoms with Crippen molar-refractivity contribution in [3.63, 3.8) is 0 Å². The number of nitrogens with zero attached hydrogens (tertiary/aromatic N) is 1. The number of nitrogens with one attached hydrogen (secondary N) is 1. The van der Waals surface area contributed by atoms with Crippen molar-refractivity contribution in [2.75, 3.05) is 5.32 Å². The maximum Gasteiger partial charge on any atom is 0.0891 e. The van der Waals surface area contributed by atoms with E-state index in [4.69, 9.17) is 23.2 Å². The van der Waals surface area contributed by atoms with E-state index in [9.17, 15) is 5.21 Å². The Morgan fingerprint density at radius 3 is 2.00 bits per heavy atom. The summed E-state index contributed by atoms with van der Waals surface area (Å²) in [4.78, 5) is 0. The van der Waals surface area contributed by atoms with Crippen LogP contribution in [0.4, 0.5) is 5.69 Å². The topological polar surface area (TPSA) is 44.6 Å². The summed E-state index contributed by atoms with van der Waals surface area (Å²) in [5.41, 5.74) is 3.45. The molecule has 0 radical (unpaired) electrons. The highest BCUT2D eigenvalue weighted by Crippen LogP contribution is 2.26. The van der Waals surface area contributed by atoms with Gasteiger partial charge in [0, 0.05) is 22.2 Å². The number of oxime groups is 1. The van der Waals surface area contributed by atoms with Crippen LogP contribution in [0, 0.1) is 0 Å². The lowest BCUT2D eigenvalue weighted by molar-refractivity contribution is 0.317. The van der Waals surface area contributed by atoms with E-state index in [1.165, 1.54) is 0 Å². The van der Waals surface area contributed by atoms with Crippen LogP contribution in [0.2, 0.25) is 10.0 Å². The number of hydrogen-bond acceptors (Lipinski definition) is 3. The van der Waals surface area contributed by atoms with Crippen LogP contribution in [0.25, 0.3) is 0 Å². The van der Waals surface area contributed by atoms with Crippen molar-refractivity contribution >= 4 is 34.6 Å². The Morgan fingerprint density at radius 2 is 1.42 bits per heavy atom. The van der Waals surface area contributed by atoms with Gasteiger partial charge in [-0.15, -0.1) is 0 Å². The molecule has 0 saturated heterocycles. The molecule has 2 N–H and O–H groups in total. The quantitative estimate of drug-likeness (QED) is 0.292. The third-order valence-corrected chi connectivity index (χ3v) is 4.59. The van der Waals surface area contributed by atoms with Gasteiger partial charge in [0.15, 0.2) is 0 Å². The number of hydrogen-bond donors (Lipinski definition) is 2. The predicted octanol–water partition coefficient (Wildman–Crippen LogP) is 6.42. The molecule has 0 fully saturated rings. The summed E-state index contributed by atoms with van der Waals surface area (Å²) in [7, 11) is 0. The van der Waals surface area contributed by atoms with Crippen molar-refractivity contribution in [1.29, 1.82) is 0 Å². The van der Waals surface area contributed by atoms with Crippen LogP contribution in [-0.4, -0.2) is 10.9 Å². The van der Waals surface area contributed by atoms with Gasteiger partial charge in [-0.2, -0.15) is 0 Å². The molecule has 0 aliphatic heterocycles. The van der Waals surface area contributed by atoms with E-state index >= 15 is 0 Å². The van der Waals surface area contributed by atoms with Gasteiger partial charge >= 0.3 is 0 Å². The SMILES string of the molecule is O/N=C(/CC(Nc1ccc(Cl)cc1)c1ccccc1)c1ccc(Cl)cc1. The van der Waals surface area contributed by atoms with Crippen molar-refractivity contribution < 1.29 is 5.21 Å². The molecule has 132 valence electrons. The Bertz CT molecular complexity index is 863. The fourth-order valence-corrected chi connectivity index (χ4v) is 2.99. The molecule has 3 aromatic rings. The standard InChI is InChI=1S/C21H18Cl2N2O/c22-17-8-6-16(7-9-17)21(25-26)14-20(15-4-2-1-3-5-15)24-19-12-10-18(23)11-13-19/h1-13,20,24,26H,14H2/b25-21-. The first kappa shape index (κ1) is 18.3. The second-order valence-corrected chi connectivity index (χ2v) is 6.75. The Kier molecular flexibility index (Phi) is 6.16. The van der Waals surface area contributed by atoms with Crippen LogP contribution in [-0.2, 0) is 0 Å². The van der Waals surface area contributed by atoms with E-state index < -0.39 is 0 Å². The van der Waals surface area contributed by atoms with Crippen molar-refractivity contribution in [1.82, 2.24) is 0 Å². The van der Waals surface area contributed by atoms with Crippen LogP contribution in [0.15, 0.2) is 84.0 Å². The van der Waals surface area contributed by atoms with Crippen molar-refractivity contribution in [2.24, 2.45) is 5.16 Å². The Hall–Kier alpha value is -2.49. The minimum atomic E-state index is -0.0704. The Labute approximate surface area is 162 Å². The molecule has 1 unspecified atom stereocenters. The van der Waals surface area contributed by atoms with Crippen molar-refractivity contribution in [2.45, 2.75) is 12.5 Å². The molecular formula is C21H18Cl2N2O. The van der Waals surface area contributed by atoms with Gasteiger partial charge in [0.1, 0.15) is 0 Å². The summed E-state index contributed by atoms with van der Waals surface area (Å²) in [6.07, 6.45) is 0.505. The summed E-state index contributed by atoms with van der Waals surface area (Å²) >= 11 is 11.9. The zero-order chi connectivity index (χ0) is 18.4. The Morgan fingerprint density at radius 1 is 0.846 bits per heavy atom. The summed E-state index contributed by atoms with van der Waals surface area (Å²) in [6, 6.07) is 24.8. The van der Waals surface area contributed by atoms with Gasteiger partial charge in [-0.05, 0) is 47.5 Å². The van der Waals surface area contributed by atoms with Crippen LogP contribution in [0.3, 0.4) is 0 Å². The lowest BCUT2D eigenvalue weighted by Crippen LogP contribution is -2.16. The largest absolute Gasteiger partial charge is 0.411 e. The van der Waals surface area contributed by atoms with Gasteiger partial charge in [-0.1, -0.05) is 70.8 Å². The average molecular weight is 385 g/mol. The third kappa shape index (κ3) is 4.78. The molecule has 0 aliphatic rings. The number of rotatable bonds is 6. The molecule has 0 spiro atoms. The number of halogens is 2. The fraction of sp³-hybridized carbons (Fsp3) is 0.0952. The average Bonchev–Trinajstić information content (AvgIpc) is 2.68. The van der Waals surface area contributed by atoms with E-state index in [0.717, 1.165) is 16.8 Å². The van der Waals surface area contributed by atoms with Gasteiger partial charge in [0.2, 0.25) is 0 Å². The van der Waals surface area contributed by atoms with Gasteiger partial charge in [0.05, 0.1) is 11.8 Å². The lowest BCUT2D eigenvalue weighted by atomic mass is 9.97. The monoisotopic (exact) mass is 384 g/mol. The second kappa shape index (κ2) is 8.75. The van der Waals surface area contributed by atoms with Gasteiger partial charge in [0.25, 0.3) is 0 Å². The van der Waals surface area contributed by atoms with Crippen molar-refractivity contribution in [3.05, 3.63) is 100 Å². The molecule has 0 heterocycles. The lowest BCUT2D eigenvalue weighted by Gasteiger charge is -2.21. The molecule has 1 atom stereocenters. The van der Waals surface area contributed by atoms with Crippen LogP contribution >= 0.6 is 23.2 Å². The number of anilines is 1. The molecule has 5 heteroatoms.